The average molecular weight is 349 g/mol. The first-order valence-electron chi connectivity index (χ1n) is 9.82. The van der Waals surface area contributed by atoms with Gasteiger partial charge in [-0.15, -0.1) is 0 Å². The van der Waals surface area contributed by atoms with E-state index in [-0.39, 0.29) is 29.8 Å². The van der Waals surface area contributed by atoms with Gasteiger partial charge in [-0.3, -0.25) is 15.0 Å². The first-order valence-corrected chi connectivity index (χ1v) is 9.82. The lowest BCUT2D eigenvalue weighted by molar-refractivity contribution is -0.153. The Morgan fingerprint density at radius 2 is 1.84 bits per heavy atom. The number of hydrogen-bond acceptors (Lipinski definition) is 5. The fourth-order valence-corrected chi connectivity index (χ4v) is 5.15. The molecule has 0 bridgehead atoms. The maximum atomic E-state index is 12.8. The van der Waals surface area contributed by atoms with E-state index in [9.17, 15) is 9.59 Å². The van der Waals surface area contributed by atoms with Gasteiger partial charge in [-0.2, -0.15) is 0 Å². The van der Waals surface area contributed by atoms with Gasteiger partial charge in [-0.25, -0.2) is 5.01 Å². The van der Waals surface area contributed by atoms with Gasteiger partial charge in [0.2, 0.25) is 11.8 Å². The first kappa shape index (κ1) is 17.2. The van der Waals surface area contributed by atoms with Crippen LogP contribution in [0.1, 0.15) is 38.5 Å². The minimum absolute atomic E-state index is 0.00384. The lowest BCUT2D eigenvalue weighted by atomic mass is 9.78. The Kier molecular flexibility index (Phi) is 4.73. The molecule has 3 saturated heterocycles. The standard InChI is InChI=1S/C18H31N5O2/c1-21-9-6-13(7-10-21)20-17(24)12-3-4-14-16(11-12)22(2)18(25)15-5-8-19-23(14)15/h12-16,19H,3-11H2,1-2H3,(H,20,24). The number of likely N-dealkylation sites (N-methyl/N-ethyl adjacent to an activating group) is 1. The van der Waals surface area contributed by atoms with Crippen LogP contribution in [0.25, 0.3) is 0 Å². The number of carbonyl (C=O) groups excluding carboxylic acids is 2. The van der Waals surface area contributed by atoms with Gasteiger partial charge >= 0.3 is 0 Å². The van der Waals surface area contributed by atoms with Crippen LogP contribution in [0.15, 0.2) is 0 Å². The zero-order chi connectivity index (χ0) is 17.6. The van der Waals surface area contributed by atoms with Gasteiger partial charge < -0.3 is 15.1 Å². The molecule has 25 heavy (non-hydrogen) atoms. The third-order valence-corrected chi connectivity index (χ3v) is 6.75. The molecule has 7 nitrogen and oxygen atoms in total. The molecular formula is C18H31N5O2. The van der Waals surface area contributed by atoms with Crippen LogP contribution < -0.4 is 10.7 Å². The molecule has 4 fully saturated rings. The molecule has 0 aromatic heterocycles. The Morgan fingerprint density at radius 3 is 2.60 bits per heavy atom. The minimum Gasteiger partial charge on any atom is -0.353 e. The van der Waals surface area contributed by atoms with Gasteiger partial charge in [0.25, 0.3) is 0 Å². The summed E-state index contributed by atoms with van der Waals surface area (Å²) in [6.45, 7) is 2.99. The van der Waals surface area contributed by atoms with Gasteiger partial charge in [0.1, 0.15) is 6.04 Å². The molecule has 4 aliphatic rings. The number of fused-ring (bicyclic) bond motifs is 3. The molecule has 4 atom stereocenters. The minimum atomic E-state index is -0.00384. The summed E-state index contributed by atoms with van der Waals surface area (Å²) in [4.78, 5) is 29.6. The molecule has 0 aromatic rings. The van der Waals surface area contributed by atoms with Crippen LogP contribution in [-0.2, 0) is 9.59 Å². The molecular weight excluding hydrogens is 318 g/mol. The molecule has 0 spiro atoms. The highest BCUT2D eigenvalue weighted by Gasteiger charge is 2.50. The van der Waals surface area contributed by atoms with Gasteiger partial charge in [-0.1, -0.05) is 0 Å². The van der Waals surface area contributed by atoms with Crippen molar-refractivity contribution in [2.75, 3.05) is 33.7 Å². The number of piperazine rings is 1. The van der Waals surface area contributed by atoms with Crippen molar-refractivity contribution in [3.8, 4) is 0 Å². The van der Waals surface area contributed by atoms with Crippen molar-refractivity contribution < 1.29 is 9.59 Å². The third kappa shape index (κ3) is 3.17. The molecule has 3 aliphatic heterocycles. The van der Waals surface area contributed by atoms with Crippen LogP contribution in [0.4, 0.5) is 0 Å². The maximum absolute atomic E-state index is 12.8. The molecule has 0 radical (unpaired) electrons. The van der Waals surface area contributed by atoms with E-state index < -0.39 is 0 Å². The van der Waals surface area contributed by atoms with Crippen LogP contribution >= 0.6 is 0 Å². The molecule has 1 aliphatic carbocycles. The normalized spacial score (nSPS) is 37.7. The summed E-state index contributed by atoms with van der Waals surface area (Å²) in [6.07, 6.45) is 5.67. The second kappa shape index (κ2) is 6.85. The van der Waals surface area contributed by atoms with Crippen LogP contribution in [-0.4, -0.2) is 84.5 Å². The molecule has 140 valence electrons. The zero-order valence-corrected chi connectivity index (χ0v) is 15.4. The van der Waals surface area contributed by atoms with Crippen molar-refractivity contribution in [3.63, 3.8) is 0 Å². The Hall–Kier alpha value is -1.18. The largest absolute Gasteiger partial charge is 0.353 e. The van der Waals surface area contributed by atoms with Crippen molar-refractivity contribution in [2.45, 2.75) is 62.7 Å². The van der Waals surface area contributed by atoms with Crippen molar-refractivity contribution in [1.29, 1.82) is 0 Å². The first-order chi connectivity index (χ1) is 12.0. The van der Waals surface area contributed by atoms with Crippen molar-refractivity contribution in [2.24, 2.45) is 5.92 Å². The van der Waals surface area contributed by atoms with E-state index in [0.29, 0.717) is 12.1 Å². The van der Waals surface area contributed by atoms with E-state index in [2.05, 4.69) is 27.7 Å². The Balaban J connectivity index is 1.38. The Morgan fingerprint density at radius 1 is 1.08 bits per heavy atom. The molecule has 4 unspecified atom stereocenters. The van der Waals surface area contributed by atoms with Crippen molar-refractivity contribution >= 4 is 11.8 Å². The Bertz CT molecular complexity index is 534. The van der Waals surface area contributed by atoms with E-state index in [4.69, 9.17) is 0 Å². The third-order valence-electron chi connectivity index (χ3n) is 6.75. The summed E-state index contributed by atoms with van der Waals surface area (Å²) in [6, 6.07) is 0.812. The molecule has 4 rings (SSSR count). The van der Waals surface area contributed by atoms with Crippen molar-refractivity contribution in [3.05, 3.63) is 0 Å². The number of rotatable bonds is 2. The van der Waals surface area contributed by atoms with Gasteiger partial charge in [0.05, 0.1) is 0 Å². The van der Waals surface area contributed by atoms with Gasteiger partial charge in [0.15, 0.2) is 0 Å². The lowest BCUT2D eigenvalue weighted by Gasteiger charge is -2.50. The summed E-state index contributed by atoms with van der Waals surface area (Å²) in [5, 5.41) is 5.47. The molecule has 1 saturated carbocycles. The van der Waals surface area contributed by atoms with E-state index >= 15 is 0 Å². The molecule has 2 N–H and O–H groups in total. The predicted molar refractivity (Wildman–Crippen MR) is 94.6 cm³/mol. The number of nitrogens with one attached hydrogen (secondary N) is 2. The monoisotopic (exact) mass is 349 g/mol. The number of hydrazine groups is 1. The van der Waals surface area contributed by atoms with E-state index in [1.54, 1.807) is 0 Å². The summed E-state index contributed by atoms with van der Waals surface area (Å²) >= 11 is 0. The topological polar surface area (TPSA) is 67.9 Å². The van der Waals surface area contributed by atoms with E-state index in [1.807, 2.05) is 11.9 Å². The highest BCUT2D eigenvalue weighted by molar-refractivity contribution is 5.84. The number of carbonyl (C=O) groups is 2. The molecule has 0 aromatic carbocycles. The summed E-state index contributed by atoms with van der Waals surface area (Å²) in [5.74, 6) is 0.447. The quantitative estimate of drug-likeness (QED) is 0.722. The SMILES string of the molecule is CN1CCC(NC(=O)C2CCC3C(C2)N(C)C(=O)C2CCNN23)CC1. The number of amides is 2. The molecule has 3 heterocycles. The predicted octanol–water partition coefficient (Wildman–Crippen LogP) is -0.215. The smallest absolute Gasteiger partial charge is 0.241 e. The van der Waals surface area contributed by atoms with Crippen LogP contribution in [0.5, 0.6) is 0 Å². The maximum Gasteiger partial charge on any atom is 0.241 e. The van der Waals surface area contributed by atoms with Gasteiger partial charge in [0, 0.05) is 37.6 Å². The fourth-order valence-electron chi connectivity index (χ4n) is 5.15. The Labute approximate surface area is 150 Å². The van der Waals surface area contributed by atoms with Crippen LogP contribution in [0, 0.1) is 5.92 Å². The number of nitrogens with zero attached hydrogens (tertiary/aromatic N) is 3. The number of hydrogen-bond donors (Lipinski definition) is 2. The number of piperidine rings is 1. The highest BCUT2D eigenvalue weighted by Crippen LogP contribution is 2.36. The summed E-state index contributed by atoms with van der Waals surface area (Å²) < 4.78 is 0. The second-order valence-corrected chi connectivity index (χ2v) is 8.30. The average Bonchev–Trinajstić information content (AvgIpc) is 3.11. The highest BCUT2D eigenvalue weighted by atomic mass is 16.2. The second-order valence-electron chi connectivity index (χ2n) is 8.30. The zero-order valence-electron chi connectivity index (χ0n) is 15.4. The van der Waals surface area contributed by atoms with Crippen LogP contribution in [0.3, 0.4) is 0 Å². The molecule has 2 amide bonds. The van der Waals surface area contributed by atoms with Crippen molar-refractivity contribution in [1.82, 2.24) is 25.6 Å². The van der Waals surface area contributed by atoms with Gasteiger partial charge in [-0.05, 0) is 58.7 Å². The molecule has 7 heteroatoms. The van der Waals surface area contributed by atoms with Crippen LogP contribution in [0.2, 0.25) is 0 Å². The van der Waals surface area contributed by atoms with E-state index in [0.717, 1.165) is 58.2 Å². The number of likely N-dealkylation sites (tertiary alicyclic amines) is 1. The summed E-state index contributed by atoms with van der Waals surface area (Å²) in [5.41, 5.74) is 3.40. The van der Waals surface area contributed by atoms with E-state index in [1.165, 1.54) is 0 Å². The summed E-state index contributed by atoms with van der Waals surface area (Å²) in [7, 11) is 4.06. The fraction of sp³-hybridized carbons (Fsp3) is 0.889. The lowest BCUT2D eigenvalue weighted by Crippen LogP contribution is -2.67.